The Morgan fingerprint density at radius 2 is 2.53 bits per heavy atom. The molecule has 0 aromatic carbocycles. The van der Waals surface area contributed by atoms with Crippen LogP contribution in [0.4, 0.5) is 0 Å². The topological polar surface area (TPSA) is 81.1 Å². The first kappa shape index (κ1) is 14.0. The van der Waals surface area contributed by atoms with Crippen molar-refractivity contribution in [3.63, 3.8) is 0 Å². The van der Waals surface area contributed by atoms with Gasteiger partial charge in [-0.3, -0.25) is 9.48 Å². The molecule has 1 aliphatic rings. The number of aromatic nitrogens is 3. The third-order valence-electron chi connectivity index (χ3n) is 3.42. The van der Waals surface area contributed by atoms with Crippen LogP contribution in [0.15, 0.2) is 12.4 Å². The van der Waals surface area contributed by atoms with E-state index in [1.165, 1.54) is 0 Å². The minimum absolute atomic E-state index is 0.0275. The maximum absolute atomic E-state index is 11.8. The maximum atomic E-state index is 11.8. The van der Waals surface area contributed by atoms with Crippen molar-refractivity contribution in [2.24, 2.45) is 0 Å². The minimum atomic E-state index is -0.0995. The number of carbonyl (C=O) groups is 1. The SMILES string of the molecule is COCC1(CNC(=O)CCn2ccnn2)CCCN1. The largest absolute Gasteiger partial charge is 0.383 e. The fourth-order valence-electron chi connectivity index (χ4n) is 2.39. The van der Waals surface area contributed by atoms with Crippen molar-refractivity contribution in [1.29, 1.82) is 0 Å². The van der Waals surface area contributed by atoms with Crippen molar-refractivity contribution < 1.29 is 9.53 Å². The summed E-state index contributed by atoms with van der Waals surface area (Å²) in [5, 5.41) is 13.9. The van der Waals surface area contributed by atoms with E-state index in [1.54, 1.807) is 24.2 Å². The van der Waals surface area contributed by atoms with Crippen LogP contribution in [-0.4, -0.2) is 53.2 Å². The highest BCUT2D eigenvalue weighted by molar-refractivity contribution is 5.75. The van der Waals surface area contributed by atoms with E-state index in [0.29, 0.717) is 26.1 Å². The molecule has 1 aliphatic heterocycles. The zero-order chi connectivity index (χ0) is 13.6. The molecule has 106 valence electrons. The van der Waals surface area contributed by atoms with Crippen molar-refractivity contribution in [3.8, 4) is 0 Å². The molecule has 0 saturated carbocycles. The maximum Gasteiger partial charge on any atom is 0.221 e. The lowest BCUT2D eigenvalue weighted by Gasteiger charge is -2.28. The Labute approximate surface area is 112 Å². The van der Waals surface area contributed by atoms with Gasteiger partial charge in [0.25, 0.3) is 0 Å². The number of carbonyl (C=O) groups excluding carboxylic acids is 1. The molecular formula is C12H21N5O2. The number of rotatable bonds is 7. The summed E-state index contributed by atoms with van der Waals surface area (Å²) in [6.45, 7) is 2.77. The van der Waals surface area contributed by atoms with E-state index < -0.39 is 0 Å². The van der Waals surface area contributed by atoms with Gasteiger partial charge in [-0.1, -0.05) is 5.21 Å². The molecule has 0 aliphatic carbocycles. The van der Waals surface area contributed by atoms with E-state index in [2.05, 4.69) is 20.9 Å². The summed E-state index contributed by atoms with van der Waals surface area (Å²) < 4.78 is 6.90. The van der Waals surface area contributed by atoms with E-state index in [1.807, 2.05) is 0 Å². The Balaban J connectivity index is 1.72. The predicted octanol–water partition coefficient (Wildman–Crippen LogP) is -0.447. The summed E-state index contributed by atoms with van der Waals surface area (Å²) in [6.07, 6.45) is 5.92. The van der Waals surface area contributed by atoms with Gasteiger partial charge >= 0.3 is 0 Å². The van der Waals surface area contributed by atoms with Gasteiger partial charge in [-0.05, 0) is 19.4 Å². The first-order chi connectivity index (χ1) is 9.24. The third kappa shape index (κ3) is 4.00. The number of hydrogen-bond acceptors (Lipinski definition) is 5. The highest BCUT2D eigenvalue weighted by Crippen LogP contribution is 2.18. The lowest BCUT2D eigenvalue weighted by molar-refractivity contribution is -0.121. The first-order valence-electron chi connectivity index (χ1n) is 6.59. The smallest absolute Gasteiger partial charge is 0.221 e. The van der Waals surface area contributed by atoms with Gasteiger partial charge in [-0.15, -0.1) is 5.10 Å². The molecule has 1 amide bonds. The van der Waals surface area contributed by atoms with Crippen LogP contribution in [0.5, 0.6) is 0 Å². The molecule has 1 fully saturated rings. The van der Waals surface area contributed by atoms with E-state index in [0.717, 1.165) is 19.4 Å². The molecule has 19 heavy (non-hydrogen) atoms. The average Bonchev–Trinajstić information content (AvgIpc) is 3.06. The second kappa shape index (κ2) is 6.63. The fraction of sp³-hybridized carbons (Fsp3) is 0.750. The third-order valence-corrected chi connectivity index (χ3v) is 3.42. The molecule has 1 aromatic heterocycles. The van der Waals surface area contributed by atoms with Crippen LogP contribution in [0, 0.1) is 0 Å². The number of nitrogens with zero attached hydrogens (tertiary/aromatic N) is 3. The molecule has 7 nitrogen and oxygen atoms in total. The lowest BCUT2D eigenvalue weighted by atomic mass is 9.98. The molecule has 1 unspecified atom stereocenters. The quantitative estimate of drug-likeness (QED) is 0.699. The van der Waals surface area contributed by atoms with Gasteiger partial charge in [-0.2, -0.15) is 0 Å². The monoisotopic (exact) mass is 267 g/mol. The molecule has 2 N–H and O–H groups in total. The zero-order valence-electron chi connectivity index (χ0n) is 11.3. The fourth-order valence-corrected chi connectivity index (χ4v) is 2.39. The Morgan fingerprint density at radius 1 is 1.63 bits per heavy atom. The number of aryl methyl sites for hydroxylation is 1. The molecule has 1 atom stereocenters. The summed E-state index contributed by atoms with van der Waals surface area (Å²) in [6, 6.07) is 0. The standard InChI is InChI=1S/C12H21N5O2/c1-19-10-12(4-2-5-14-12)9-13-11(18)3-7-17-8-6-15-16-17/h6,8,14H,2-5,7,9-10H2,1H3,(H,13,18). The molecule has 2 rings (SSSR count). The van der Waals surface area contributed by atoms with E-state index in [9.17, 15) is 4.79 Å². The van der Waals surface area contributed by atoms with Gasteiger partial charge in [0.1, 0.15) is 0 Å². The summed E-state index contributed by atoms with van der Waals surface area (Å²) in [4.78, 5) is 11.8. The van der Waals surface area contributed by atoms with Crippen LogP contribution in [0.25, 0.3) is 0 Å². The van der Waals surface area contributed by atoms with Crippen LogP contribution in [0.3, 0.4) is 0 Å². The number of methoxy groups -OCH3 is 1. The lowest BCUT2D eigenvalue weighted by Crippen LogP contribution is -2.53. The van der Waals surface area contributed by atoms with E-state index in [-0.39, 0.29) is 11.4 Å². The Hall–Kier alpha value is -1.47. The van der Waals surface area contributed by atoms with Crippen LogP contribution in [-0.2, 0) is 16.1 Å². The number of nitrogens with one attached hydrogen (secondary N) is 2. The Morgan fingerprint density at radius 3 is 3.16 bits per heavy atom. The number of hydrogen-bond donors (Lipinski definition) is 2. The van der Waals surface area contributed by atoms with Crippen molar-refractivity contribution in [2.75, 3.05) is 26.8 Å². The number of amides is 1. The first-order valence-corrected chi connectivity index (χ1v) is 6.59. The van der Waals surface area contributed by atoms with E-state index >= 15 is 0 Å². The molecule has 2 heterocycles. The van der Waals surface area contributed by atoms with Gasteiger partial charge in [0.2, 0.25) is 5.91 Å². The van der Waals surface area contributed by atoms with Crippen molar-refractivity contribution in [3.05, 3.63) is 12.4 Å². The van der Waals surface area contributed by atoms with Gasteiger partial charge in [0.05, 0.1) is 24.9 Å². The molecule has 0 bridgehead atoms. The predicted molar refractivity (Wildman–Crippen MR) is 69.5 cm³/mol. The van der Waals surface area contributed by atoms with E-state index in [4.69, 9.17) is 4.74 Å². The normalized spacial score (nSPS) is 22.6. The minimum Gasteiger partial charge on any atom is -0.383 e. The summed E-state index contributed by atoms with van der Waals surface area (Å²) in [5.41, 5.74) is -0.0995. The highest BCUT2D eigenvalue weighted by Gasteiger charge is 2.33. The van der Waals surface area contributed by atoms with Gasteiger partial charge < -0.3 is 15.4 Å². The Kier molecular flexibility index (Phi) is 4.86. The summed E-state index contributed by atoms with van der Waals surface area (Å²) >= 11 is 0. The van der Waals surface area contributed by atoms with Crippen molar-refractivity contribution in [1.82, 2.24) is 25.6 Å². The molecule has 1 aromatic rings. The zero-order valence-corrected chi connectivity index (χ0v) is 11.3. The van der Waals surface area contributed by atoms with Crippen LogP contribution in [0.1, 0.15) is 19.3 Å². The molecule has 0 spiro atoms. The van der Waals surface area contributed by atoms with Gasteiger partial charge in [-0.25, -0.2) is 0 Å². The van der Waals surface area contributed by atoms with Crippen LogP contribution < -0.4 is 10.6 Å². The van der Waals surface area contributed by atoms with Gasteiger partial charge in [0, 0.05) is 26.3 Å². The van der Waals surface area contributed by atoms with Crippen molar-refractivity contribution in [2.45, 2.75) is 31.3 Å². The van der Waals surface area contributed by atoms with Crippen LogP contribution in [0.2, 0.25) is 0 Å². The Bertz CT molecular complexity index is 387. The number of ether oxygens (including phenoxy) is 1. The molecule has 1 saturated heterocycles. The van der Waals surface area contributed by atoms with Crippen LogP contribution >= 0.6 is 0 Å². The molecule has 0 radical (unpaired) electrons. The average molecular weight is 267 g/mol. The second-order valence-electron chi connectivity index (χ2n) is 4.94. The molecule has 7 heteroatoms. The summed E-state index contributed by atoms with van der Waals surface area (Å²) in [7, 11) is 1.69. The second-order valence-corrected chi connectivity index (χ2v) is 4.94. The van der Waals surface area contributed by atoms with Gasteiger partial charge in [0.15, 0.2) is 0 Å². The van der Waals surface area contributed by atoms with Crippen molar-refractivity contribution >= 4 is 5.91 Å². The highest BCUT2D eigenvalue weighted by atomic mass is 16.5. The summed E-state index contributed by atoms with van der Waals surface area (Å²) in [5.74, 6) is 0.0275. The molecular weight excluding hydrogens is 246 g/mol.